The molecule has 1 aliphatic carbocycles. The van der Waals surface area contributed by atoms with Crippen LogP contribution >= 0.6 is 11.6 Å². The molecular weight excluding hydrogens is 472 g/mol. The van der Waals surface area contributed by atoms with Gasteiger partial charge < -0.3 is 20.7 Å². The molecule has 1 aromatic rings. The van der Waals surface area contributed by atoms with Gasteiger partial charge in [-0.05, 0) is 67.0 Å². The van der Waals surface area contributed by atoms with E-state index in [0.29, 0.717) is 24.0 Å². The Morgan fingerprint density at radius 2 is 2.18 bits per heavy atom. The molecule has 8 nitrogen and oxygen atoms in total. The molecule has 3 atom stereocenters. The van der Waals surface area contributed by atoms with Crippen molar-refractivity contribution in [2.24, 2.45) is 5.41 Å². The molecule has 34 heavy (non-hydrogen) atoms. The Labute approximate surface area is 206 Å². The second-order valence-electron chi connectivity index (χ2n) is 9.32. The van der Waals surface area contributed by atoms with E-state index in [1.54, 1.807) is 24.3 Å². The molecule has 1 aromatic carbocycles. The third-order valence-corrected chi connectivity index (χ3v) is 9.60. The van der Waals surface area contributed by atoms with Gasteiger partial charge in [0.15, 0.2) is 5.53 Å². The van der Waals surface area contributed by atoms with Gasteiger partial charge in [-0.15, -0.1) is 0 Å². The van der Waals surface area contributed by atoms with E-state index in [2.05, 4.69) is 28.9 Å². The van der Waals surface area contributed by atoms with Gasteiger partial charge >= 0.3 is 6.09 Å². The van der Waals surface area contributed by atoms with Crippen molar-refractivity contribution >= 4 is 44.0 Å². The fourth-order valence-corrected chi connectivity index (χ4v) is 6.82. The summed E-state index contributed by atoms with van der Waals surface area (Å²) in [4.78, 5) is 37.4. The number of ether oxygens (including phenoxy) is 1. The molecule has 0 spiro atoms. The van der Waals surface area contributed by atoms with Gasteiger partial charge in [0, 0.05) is 11.6 Å². The second kappa shape index (κ2) is 12.0. The zero-order valence-corrected chi connectivity index (χ0v) is 21.2. The number of carbonyl (C=O) groups is 3. The van der Waals surface area contributed by atoms with Crippen LogP contribution in [-0.4, -0.2) is 51.6 Å². The summed E-state index contributed by atoms with van der Waals surface area (Å²) < 4.78 is 5.22. The summed E-state index contributed by atoms with van der Waals surface area (Å²) >= 11 is 5.96. The molecule has 1 saturated heterocycles. The van der Waals surface area contributed by atoms with E-state index in [9.17, 15) is 19.6 Å². The van der Waals surface area contributed by atoms with E-state index in [1.807, 2.05) is 12.1 Å². The molecule has 0 aromatic heterocycles. The summed E-state index contributed by atoms with van der Waals surface area (Å²) in [6.07, 6.45) is 6.11. The number of amides is 3. The molecule has 0 bridgehead atoms. The van der Waals surface area contributed by atoms with Gasteiger partial charge in [-0.25, -0.2) is 4.79 Å². The largest absolute Gasteiger partial charge is 0.445 e. The van der Waals surface area contributed by atoms with E-state index in [-0.39, 0.29) is 17.6 Å². The predicted octanol–water partition coefficient (Wildman–Crippen LogP) is 3.57. The summed E-state index contributed by atoms with van der Waals surface area (Å²) in [7, 11) is -1.81. The minimum absolute atomic E-state index is 0.0120. The SMILES string of the molecule is CC1(CC(NC(=O)OC/C=C/c2cccc(Cl)c2)C(=O)N[C@H](C#N)C[Si@@H]2CCCNC2=O)CC1. The van der Waals surface area contributed by atoms with Crippen molar-refractivity contribution in [3.63, 3.8) is 0 Å². The number of nitrogens with zero attached hydrogens (tertiary/aromatic N) is 1. The van der Waals surface area contributed by atoms with Crippen LogP contribution < -0.4 is 16.0 Å². The first-order valence-corrected chi connectivity index (χ1v) is 14.2. The molecule has 1 saturated carbocycles. The van der Waals surface area contributed by atoms with E-state index in [0.717, 1.165) is 30.9 Å². The van der Waals surface area contributed by atoms with Crippen LogP contribution in [0.4, 0.5) is 9.59 Å². The van der Waals surface area contributed by atoms with Crippen molar-refractivity contribution in [1.82, 2.24) is 16.0 Å². The minimum atomic E-state index is -1.81. The van der Waals surface area contributed by atoms with Crippen LogP contribution in [0.5, 0.6) is 0 Å². The first-order chi connectivity index (χ1) is 16.3. The van der Waals surface area contributed by atoms with Gasteiger partial charge in [0.05, 0.1) is 6.07 Å². The highest BCUT2D eigenvalue weighted by molar-refractivity contribution is 6.90. The van der Waals surface area contributed by atoms with Crippen LogP contribution in [-0.2, 0) is 9.53 Å². The molecule has 3 rings (SSSR count). The lowest BCUT2D eigenvalue weighted by Crippen LogP contribution is -2.52. The zero-order chi connectivity index (χ0) is 24.6. The second-order valence-corrected chi connectivity index (χ2v) is 12.7. The molecule has 2 fully saturated rings. The van der Waals surface area contributed by atoms with Gasteiger partial charge in [-0.1, -0.05) is 36.7 Å². The first kappa shape index (κ1) is 25.8. The van der Waals surface area contributed by atoms with Crippen LogP contribution in [0.25, 0.3) is 6.08 Å². The van der Waals surface area contributed by atoms with Gasteiger partial charge in [0.1, 0.15) is 27.5 Å². The highest BCUT2D eigenvalue weighted by Crippen LogP contribution is 2.48. The summed E-state index contributed by atoms with van der Waals surface area (Å²) in [5.41, 5.74) is 0.922. The van der Waals surface area contributed by atoms with Gasteiger partial charge in [-0.2, -0.15) is 5.26 Å². The predicted molar refractivity (Wildman–Crippen MR) is 133 cm³/mol. The Balaban J connectivity index is 1.52. The fraction of sp³-hybridized carbons (Fsp3) is 0.500. The topological polar surface area (TPSA) is 120 Å². The molecule has 10 heteroatoms. The van der Waals surface area contributed by atoms with E-state index in [1.165, 1.54) is 0 Å². The minimum Gasteiger partial charge on any atom is -0.445 e. The Bertz CT molecular complexity index is 976. The summed E-state index contributed by atoms with van der Waals surface area (Å²) in [5, 5.41) is 18.4. The van der Waals surface area contributed by atoms with Crippen molar-refractivity contribution in [3.05, 3.63) is 40.9 Å². The van der Waals surface area contributed by atoms with Crippen LogP contribution in [0.1, 0.15) is 38.2 Å². The highest BCUT2D eigenvalue weighted by atomic mass is 35.5. The average Bonchev–Trinajstić information content (AvgIpc) is 3.54. The van der Waals surface area contributed by atoms with E-state index < -0.39 is 32.9 Å². The quantitative estimate of drug-likeness (QED) is 0.422. The average molecular weight is 503 g/mol. The number of alkyl carbamates (subject to hydrolysis) is 1. The monoisotopic (exact) mass is 502 g/mol. The van der Waals surface area contributed by atoms with Gasteiger partial charge in [0.2, 0.25) is 5.91 Å². The molecular formula is C24H31ClN4O4Si. The van der Waals surface area contributed by atoms with Gasteiger partial charge in [-0.3, -0.25) is 9.59 Å². The lowest BCUT2D eigenvalue weighted by atomic mass is 9.98. The lowest BCUT2D eigenvalue weighted by Gasteiger charge is -2.25. The smallest absolute Gasteiger partial charge is 0.408 e. The fourth-order valence-electron chi connectivity index (χ4n) is 3.98. The summed E-state index contributed by atoms with van der Waals surface area (Å²) in [6.45, 7) is 2.77. The van der Waals surface area contributed by atoms with E-state index >= 15 is 0 Å². The van der Waals surface area contributed by atoms with Crippen molar-refractivity contribution in [3.8, 4) is 6.07 Å². The third-order valence-electron chi connectivity index (χ3n) is 6.27. The normalized spacial score (nSPS) is 20.5. The number of rotatable bonds is 10. The number of halogens is 1. The highest BCUT2D eigenvalue weighted by Gasteiger charge is 2.42. The summed E-state index contributed by atoms with van der Waals surface area (Å²) in [6, 6.07) is 9.04. The molecule has 2 aliphatic rings. The van der Waals surface area contributed by atoms with Crippen LogP contribution in [0.3, 0.4) is 0 Å². The van der Waals surface area contributed by atoms with Crippen LogP contribution in [0, 0.1) is 16.7 Å². The molecule has 182 valence electrons. The molecule has 3 amide bonds. The van der Waals surface area contributed by atoms with Crippen molar-refractivity contribution in [2.75, 3.05) is 13.2 Å². The Morgan fingerprint density at radius 1 is 1.38 bits per heavy atom. The van der Waals surface area contributed by atoms with Crippen molar-refractivity contribution in [1.29, 1.82) is 5.26 Å². The first-order valence-electron chi connectivity index (χ1n) is 11.6. The number of hydrogen-bond donors (Lipinski definition) is 3. The number of nitriles is 1. The summed E-state index contributed by atoms with van der Waals surface area (Å²) in [5.74, 6) is -0.420. The number of carbonyl (C=O) groups excluding carboxylic acids is 3. The molecule has 3 N–H and O–H groups in total. The number of hydrogen-bond acceptors (Lipinski definition) is 5. The molecule has 0 radical (unpaired) electrons. The van der Waals surface area contributed by atoms with Crippen molar-refractivity contribution < 1.29 is 19.1 Å². The van der Waals surface area contributed by atoms with Crippen LogP contribution in [0.2, 0.25) is 17.1 Å². The van der Waals surface area contributed by atoms with Gasteiger partial charge in [0.25, 0.3) is 0 Å². The van der Waals surface area contributed by atoms with Crippen molar-refractivity contribution in [2.45, 2.75) is 56.8 Å². The number of benzene rings is 1. The Kier molecular flexibility index (Phi) is 9.13. The zero-order valence-electron chi connectivity index (χ0n) is 19.3. The Morgan fingerprint density at radius 3 is 2.85 bits per heavy atom. The molecule has 1 heterocycles. The Hall–Kier alpha value is -2.83. The molecule has 1 unspecified atom stereocenters. The number of nitrogens with one attached hydrogen (secondary N) is 3. The standard InChI is InChI=1S/C24H31ClN4O4Si/c1-24(8-9-24)14-20(21(30)28-19(15-26)16-34-12-4-10-27-23(34)32)29-22(31)33-11-3-6-17-5-2-7-18(25)13-17/h2-3,5-7,13,19-20,34H,4,8-12,14,16H2,1H3,(H,27,32)(H,28,30)(H,29,31)/b6-3+/t19-,20?,34+/m1/s1. The maximum absolute atomic E-state index is 13.0. The lowest BCUT2D eigenvalue weighted by molar-refractivity contribution is -0.123. The molecule has 1 aliphatic heterocycles. The third kappa shape index (κ3) is 8.19. The maximum atomic E-state index is 13.0. The maximum Gasteiger partial charge on any atom is 0.408 e. The van der Waals surface area contributed by atoms with Crippen LogP contribution in [0.15, 0.2) is 30.3 Å². The van der Waals surface area contributed by atoms with E-state index in [4.69, 9.17) is 16.3 Å².